The van der Waals surface area contributed by atoms with E-state index in [2.05, 4.69) is 9.71 Å². The Labute approximate surface area is 195 Å². The van der Waals surface area contributed by atoms with E-state index in [0.29, 0.717) is 18.6 Å². The second-order valence-electron chi connectivity index (χ2n) is 8.93. The van der Waals surface area contributed by atoms with Crippen LogP contribution in [0.5, 0.6) is 11.5 Å². The van der Waals surface area contributed by atoms with Crippen molar-refractivity contribution in [3.63, 3.8) is 0 Å². The molecule has 0 unspecified atom stereocenters. The summed E-state index contributed by atoms with van der Waals surface area (Å²) in [5.41, 5.74) is -0.185. The van der Waals surface area contributed by atoms with E-state index in [0.717, 1.165) is 31.7 Å². The Morgan fingerprint density at radius 2 is 1.94 bits per heavy atom. The molecule has 1 spiro atoms. The lowest BCUT2D eigenvalue weighted by Crippen LogP contribution is -2.58. The lowest BCUT2D eigenvalue weighted by Gasteiger charge is -2.46. The van der Waals surface area contributed by atoms with Crippen LogP contribution in [0.2, 0.25) is 0 Å². The van der Waals surface area contributed by atoms with Crippen molar-refractivity contribution in [2.24, 2.45) is 12.5 Å². The maximum Gasteiger partial charge on any atom is 0.301 e. The number of anilines is 1. The first-order valence-corrected chi connectivity index (χ1v) is 12.3. The number of fused-ring (bicyclic) bond motifs is 1. The van der Waals surface area contributed by atoms with Gasteiger partial charge in [0.1, 0.15) is 17.4 Å². The molecule has 1 N–H and O–H groups in total. The number of nitrogens with zero attached hydrogens (tertiary/aromatic N) is 4. The van der Waals surface area contributed by atoms with Crippen molar-refractivity contribution in [2.75, 3.05) is 17.8 Å². The van der Waals surface area contributed by atoms with E-state index in [1.807, 2.05) is 6.07 Å². The summed E-state index contributed by atoms with van der Waals surface area (Å²) in [6.07, 6.45) is 5.63. The van der Waals surface area contributed by atoms with Gasteiger partial charge in [0, 0.05) is 20.1 Å². The van der Waals surface area contributed by atoms with Gasteiger partial charge in [-0.1, -0.05) is 12.8 Å². The fourth-order valence-electron chi connectivity index (χ4n) is 4.74. The van der Waals surface area contributed by atoms with Crippen LogP contribution < -0.4 is 15.0 Å². The highest BCUT2D eigenvalue weighted by atomic mass is 32.2. The van der Waals surface area contributed by atoms with Gasteiger partial charge in [-0.3, -0.25) is 9.52 Å². The SMILES string of the molecule is Cn1cnc2ccc(Oc3c(F)ccc(NS(=O)(=O)N4CC5(CCCC5)C4)c3C#N)cc2c1=O. The summed E-state index contributed by atoms with van der Waals surface area (Å²) in [5.74, 6) is -1.16. The molecule has 3 aromatic rings. The van der Waals surface area contributed by atoms with Gasteiger partial charge in [-0.2, -0.15) is 18.0 Å². The van der Waals surface area contributed by atoms with Crippen LogP contribution in [0.25, 0.3) is 10.9 Å². The number of hydrogen-bond acceptors (Lipinski definition) is 6. The van der Waals surface area contributed by atoms with Crippen LogP contribution in [0.15, 0.2) is 41.5 Å². The van der Waals surface area contributed by atoms with Crippen molar-refractivity contribution >= 4 is 26.8 Å². The van der Waals surface area contributed by atoms with E-state index in [4.69, 9.17) is 4.74 Å². The monoisotopic (exact) mass is 483 g/mol. The third-order valence-electron chi connectivity index (χ3n) is 6.60. The molecular weight excluding hydrogens is 461 g/mol. The molecule has 1 aliphatic heterocycles. The molecule has 0 amide bonds. The van der Waals surface area contributed by atoms with Crippen LogP contribution >= 0.6 is 0 Å². The molecule has 2 fully saturated rings. The van der Waals surface area contributed by atoms with Gasteiger partial charge in [0.05, 0.1) is 22.9 Å². The molecule has 0 radical (unpaired) electrons. The summed E-state index contributed by atoms with van der Waals surface area (Å²) in [6.45, 7) is 0.879. The average Bonchev–Trinajstić information content (AvgIpc) is 3.28. The summed E-state index contributed by atoms with van der Waals surface area (Å²) < 4.78 is 51.2. The summed E-state index contributed by atoms with van der Waals surface area (Å²) >= 11 is 0. The Balaban J connectivity index is 1.44. The Kier molecular flexibility index (Phi) is 5.30. The normalized spacial score (nSPS) is 17.4. The van der Waals surface area contributed by atoms with Gasteiger partial charge in [-0.15, -0.1) is 0 Å². The Morgan fingerprint density at radius 1 is 1.21 bits per heavy atom. The van der Waals surface area contributed by atoms with Gasteiger partial charge in [0.2, 0.25) is 0 Å². The van der Waals surface area contributed by atoms with Gasteiger partial charge in [0.25, 0.3) is 5.56 Å². The third-order valence-corrected chi connectivity index (χ3v) is 8.01. The first-order valence-electron chi connectivity index (χ1n) is 10.9. The van der Waals surface area contributed by atoms with Crippen molar-refractivity contribution in [1.82, 2.24) is 13.9 Å². The Bertz CT molecular complexity index is 1500. The van der Waals surface area contributed by atoms with Crippen molar-refractivity contribution in [3.05, 3.63) is 58.4 Å². The largest absolute Gasteiger partial charge is 0.453 e. The molecule has 1 saturated carbocycles. The molecule has 5 rings (SSSR count). The van der Waals surface area contributed by atoms with Crippen LogP contribution in [0.3, 0.4) is 0 Å². The summed E-state index contributed by atoms with van der Waals surface area (Å²) in [5, 5.41) is 9.98. The van der Waals surface area contributed by atoms with Gasteiger partial charge in [-0.05, 0) is 48.6 Å². The quantitative estimate of drug-likeness (QED) is 0.595. The number of nitriles is 1. The molecule has 2 aromatic carbocycles. The molecule has 2 heterocycles. The van der Waals surface area contributed by atoms with E-state index < -0.39 is 21.8 Å². The first-order chi connectivity index (χ1) is 16.2. The molecule has 1 aliphatic carbocycles. The number of ether oxygens (including phenoxy) is 1. The topological polar surface area (TPSA) is 117 Å². The molecular formula is C23H22FN5O4S. The number of aryl methyl sites for hydroxylation is 1. The van der Waals surface area contributed by atoms with Crippen LogP contribution in [0, 0.1) is 22.6 Å². The van der Waals surface area contributed by atoms with Crippen molar-refractivity contribution in [2.45, 2.75) is 25.7 Å². The fraction of sp³-hybridized carbons (Fsp3) is 0.348. The molecule has 34 heavy (non-hydrogen) atoms. The molecule has 0 bridgehead atoms. The van der Waals surface area contributed by atoms with E-state index in [9.17, 15) is 22.9 Å². The van der Waals surface area contributed by atoms with E-state index in [-0.39, 0.29) is 33.4 Å². The van der Waals surface area contributed by atoms with Crippen molar-refractivity contribution < 1.29 is 17.5 Å². The first kappa shape index (κ1) is 22.3. The van der Waals surface area contributed by atoms with Crippen LogP contribution in [0.1, 0.15) is 31.2 Å². The Morgan fingerprint density at radius 3 is 2.65 bits per heavy atom. The van der Waals surface area contributed by atoms with Crippen molar-refractivity contribution in [1.29, 1.82) is 5.26 Å². The summed E-state index contributed by atoms with van der Waals surface area (Å²) in [6, 6.07) is 8.52. The number of nitrogens with one attached hydrogen (secondary N) is 1. The number of halogens is 1. The van der Waals surface area contributed by atoms with E-state index in [1.165, 1.54) is 33.4 Å². The molecule has 1 saturated heterocycles. The van der Waals surface area contributed by atoms with Crippen LogP contribution in [0.4, 0.5) is 10.1 Å². The second-order valence-corrected chi connectivity index (χ2v) is 10.6. The average molecular weight is 484 g/mol. The molecule has 0 atom stereocenters. The zero-order valence-corrected chi connectivity index (χ0v) is 19.2. The van der Waals surface area contributed by atoms with E-state index in [1.54, 1.807) is 13.1 Å². The zero-order valence-electron chi connectivity index (χ0n) is 18.4. The van der Waals surface area contributed by atoms with Crippen LogP contribution in [-0.4, -0.2) is 35.4 Å². The van der Waals surface area contributed by atoms with Crippen LogP contribution in [-0.2, 0) is 17.3 Å². The maximum absolute atomic E-state index is 14.7. The summed E-state index contributed by atoms with van der Waals surface area (Å²) in [4.78, 5) is 16.5. The van der Waals surface area contributed by atoms with E-state index >= 15 is 0 Å². The van der Waals surface area contributed by atoms with Crippen molar-refractivity contribution in [3.8, 4) is 17.6 Å². The number of aromatic nitrogens is 2. The minimum absolute atomic E-state index is 0.0614. The summed E-state index contributed by atoms with van der Waals surface area (Å²) in [7, 11) is -2.36. The maximum atomic E-state index is 14.7. The fourth-order valence-corrected chi connectivity index (χ4v) is 6.21. The highest BCUT2D eigenvalue weighted by Crippen LogP contribution is 2.46. The number of rotatable bonds is 5. The lowest BCUT2D eigenvalue weighted by molar-refractivity contribution is 0.0784. The number of benzene rings is 2. The lowest BCUT2D eigenvalue weighted by atomic mass is 9.80. The second kappa shape index (κ2) is 8.07. The molecule has 9 nitrogen and oxygen atoms in total. The highest BCUT2D eigenvalue weighted by Gasteiger charge is 2.49. The number of hydrogen-bond donors (Lipinski definition) is 1. The highest BCUT2D eigenvalue weighted by molar-refractivity contribution is 7.90. The molecule has 1 aromatic heterocycles. The van der Waals surface area contributed by atoms with Gasteiger partial charge >= 0.3 is 10.2 Å². The third kappa shape index (κ3) is 3.78. The zero-order chi connectivity index (χ0) is 24.1. The van der Waals surface area contributed by atoms with Gasteiger partial charge < -0.3 is 9.30 Å². The Hall–Kier alpha value is -3.49. The predicted octanol–water partition coefficient (Wildman–Crippen LogP) is 3.27. The van der Waals surface area contributed by atoms with Gasteiger partial charge in [0.15, 0.2) is 11.6 Å². The molecule has 176 valence electrons. The molecule has 2 aliphatic rings. The standard InChI is InChI=1S/C23H22FN5O4S/c1-28-14-26-19-6-4-15(10-16(19)22(28)30)33-21-17(11-25)20(7-5-18(21)24)27-34(31,32)29-12-23(13-29)8-2-3-9-23/h4-7,10,14,27H,2-3,8-9,12-13H2,1H3. The predicted molar refractivity (Wildman–Crippen MR) is 123 cm³/mol. The smallest absolute Gasteiger partial charge is 0.301 e. The minimum atomic E-state index is -3.91. The minimum Gasteiger partial charge on any atom is -0.453 e. The van der Waals surface area contributed by atoms with Gasteiger partial charge in [-0.25, -0.2) is 9.37 Å². The molecule has 11 heteroatoms.